The maximum atomic E-state index is 10.7. The molecule has 0 aliphatic rings. The van der Waals surface area contributed by atoms with Gasteiger partial charge in [-0.15, -0.1) is 0 Å². The maximum absolute atomic E-state index is 10.7. The molecule has 0 aliphatic heterocycles. The molecule has 1 N–H and O–H groups in total. The summed E-state index contributed by atoms with van der Waals surface area (Å²) in [6, 6.07) is 0. The Bertz CT molecular complexity index is 414. The number of esters is 2. The van der Waals surface area contributed by atoms with Gasteiger partial charge < -0.3 is 24.1 Å². The fraction of sp³-hybridized carbons (Fsp3) is 0.786. The van der Waals surface area contributed by atoms with Crippen molar-refractivity contribution < 1.29 is 47.9 Å². The van der Waals surface area contributed by atoms with Crippen molar-refractivity contribution >= 4 is 122 Å². The quantitative estimate of drug-likeness (QED) is 0.205. The molecule has 0 spiro atoms. The van der Waals surface area contributed by atoms with Crippen molar-refractivity contribution in [2.45, 2.75) is 21.4 Å². The first kappa shape index (κ1) is 38.6. The number of carbonyl (C=O) groups is 3. The average Bonchev–Trinajstić information content (AvgIpc) is 2.68. The van der Waals surface area contributed by atoms with Gasteiger partial charge in [-0.05, 0) is 6.92 Å². The zero-order chi connectivity index (χ0) is 23.8. The standard InChI is InChI=1S/C5H8Br2O2.C5H9BrO3.C4H7BrO3.2HI.V/c1-2-9-5(8)4(7)3-6;1-8-3-4(6)5(7)9-2;1-8-2-3(5)4(6)7;;;/h4H,2-3H2,1H3;4H,3H2,1-2H3;3H,2H2,1H3,(H,6,7);2*1H;/q;;;;;+2/p-2. The molecule has 3 atom stereocenters. The monoisotopic (exact) mass is 941 g/mol. The zero-order valence-corrected chi connectivity index (χ0v) is 28.1. The van der Waals surface area contributed by atoms with Crippen molar-refractivity contribution in [2.75, 3.05) is 46.5 Å². The van der Waals surface area contributed by atoms with Gasteiger partial charge in [0.1, 0.15) is 14.5 Å². The summed E-state index contributed by atoms with van der Waals surface area (Å²) in [6.07, 6.45) is 0. The van der Waals surface area contributed by atoms with Gasteiger partial charge in [0, 0.05) is 19.5 Å². The van der Waals surface area contributed by atoms with Crippen LogP contribution in [-0.2, 0) is 42.8 Å². The van der Waals surface area contributed by atoms with Crippen LogP contribution >= 0.6 is 104 Å². The van der Waals surface area contributed by atoms with E-state index in [1.165, 1.54) is 21.3 Å². The molecule has 0 aliphatic carbocycles. The summed E-state index contributed by atoms with van der Waals surface area (Å²) in [5.74, 6) is -1.42. The van der Waals surface area contributed by atoms with Crippen molar-refractivity contribution in [3.63, 3.8) is 0 Å². The van der Waals surface area contributed by atoms with Gasteiger partial charge in [0.15, 0.2) is 0 Å². The summed E-state index contributed by atoms with van der Waals surface area (Å²) in [5, 5.41) is 8.78. The number of methoxy groups -OCH3 is 3. The Morgan fingerprint density at radius 2 is 1.34 bits per heavy atom. The fourth-order valence-electron chi connectivity index (χ4n) is 0.856. The summed E-state index contributed by atoms with van der Waals surface area (Å²) in [4.78, 5) is 30.1. The van der Waals surface area contributed by atoms with Crippen LogP contribution < -0.4 is 0 Å². The SMILES string of the molecule is CCOC(=O)C(Br)CBr.COCC(Br)C(=O)O.COCC(Br)C(=O)OC.[I][V][I]. The molecule has 0 radical (unpaired) electrons. The third kappa shape index (κ3) is 32.6. The number of halogens is 6. The van der Waals surface area contributed by atoms with Crippen LogP contribution in [0.5, 0.6) is 0 Å². The Morgan fingerprint density at radius 3 is 1.59 bits per heavy atom. The Balaban J connectivity index is -0.000000151. The molecular weight excluding hydrogens is 921 g/mol. The van der Waals surface area contributed by atoms with Crippen LogP contribution in [0.15, 0.2) is 0 Å². The first-order chi connectivity index (χ1) is 13.5. The van der Waals surface area contributed by atoms with Crippen LogP contribution in [0.2, 0.25) is 0 Å². The Kier molecular flexibility index (Phi) is 40.3. The molecule has 15 heteroatoms. The minimum atomic E-state index is -0.896. The second-order valence-corrected chi connectivity index (χ2v) is 19.9. The molecule has 8 nitrogen and oxygen atoms in total. The second-order valence-electron chi connectivity index (χ2n) is 4.14. The van der Waals surface area contributed by atoms with Crippen LogP contribution in [0.25, 0.3) is 0 Å². The zero-order valence-electron chi connectivity index (χ0n) is 16.1. The first-order valence-electron chi connectivity index (χ1n) is 7.39. The molecule has 0 saturated carbocycles. The van der Waals surface area contributed by atoms with E-state index >= 15 is 0 Å². The number of ether oxygens (including phenoxy) is 4. The van der Waals surface area contributed by atoms with Gasteiger partial charge in [-0.2, -0.15) is 0 Å². The number of hydrogen-bond acceptors (Lipinski definition) is 7. The van der Waals surface area contributed by atoms with Gasteiger partial charge >= 0.3 is 67.3 Å². The van der Waals surface area contributed by atoms with E-state index in [0.29, 0.717) is 28.0 Å². The molecule has 0 heterocycles. The van der Waals surface area contributed by atoms with Crippen molar-refractivity contribution in [1.29, 1.82) is 0 Å². The van der Waals surface area contributed by atoms with Gasteiger partial charge in [0.2, 0.25) is 0 Å². The van der Waals surface area contributed by atoms with Gasteiger partial charge in [0.05, 0.1) is 26.9 Å². The van der Waals surface area contributed by atoms with E-state index in [1.54, 1.807) is 6.92 Å². The van der Waals surface area contributed by atoms with Gasteiger partial charge in [-0.1, -0.05) is 63.7 Å². The summed E-state index contributed by atoms with van der Waals surface area (Å²) in [6.45, 7) is 2.77. The number of alkyl halides is 4. The van der Waals surface area contributed by atoms with Crippen molar-refractivity contribution in [3.05, 3.63) is 0 Å². The molecule has 29 heavy (non-hydrogen) atoms. The molecule has 0 aromatic heterocycles. The number of carboxylic acid groups (broad SMARTS) is 1. The van der Waals surface area contributed by atoms with Crippen molar-refractivity contribution in [3.8, 4) is 0 Å². The van der Waals surface area contributed by atoms with E-state index in [0.717, 1.165) is 0 Å². The van der Waals surface area contributed by atoms with Crippen LogP contribution in [-0.4, -0.2) is 84.0 Å². The van der Waals surface area contributed by atoms with Gasteiger partial charge in [-0.3, -0.25) is 14.4 Å². The molecule has 0 saturated heterocycles. The summed E-state index contributed by atoms with van der Waals surface area (Å²) >= 11 is 16.9. The van der Waals surface area contributed by atoms with Crippen LogP contribution in [0, 0.1) is 0 Å². The van der Waals surface area contributed by atoms with Crippen LogP contribution in [0.1, 0.15) is 6.92 Å². The molecule has 0 aromatic carbocycles. The summed E-state index contributed by atoms with van der Waals surface area (Å²) in [5.41, 5.74) is 0. The summed E-state index contributed by atoms with van der Waals surface area (Å²) in [7, 11) is 4.95. The van der Waals surface area contributed by atoms with Crippen LogP contribution in [0.3, 0.4) is 0 Å². The Labute approximate surface area is 234 Å². The minimum absolute atomic E-state index is 0.204. The molecule has 175 valence electrons. The third-order valence-corrected chi connectivity index (χ3v) is 5.54. The molecule has 0 fully saturated rings. The first-order valence-corrected chi connectivity index (χ1v) is 20.3. The van der Waals surface area contributed by atoms with E-state index in [-0.39, 0.29) is 28.2 Å². The number of carbonyl (C=O) groups excluding carboxylic acids is 2. The molecule has 0 rings (SSSR count). The van der Waals surface area contributed by atoms with Crippen LogP contribution in [0.4, 0.5) is 0 Å². The third-order valence-electron chi connectivity index (χ3n) is 2.03. The predicted octanol–water partition coefficient (Wildman–Crippen LogP) is 4.53. The number of rotatable bonds is 9. The molecule has 0 bridgehead atoms. The van der Waals surface area contributed by atoms with Crippen molar-refractivity contribution in [1.82, 2.24) is 0 Å². The van der Waals surface area contributed by atoms with Gasteiger partial charge in [0.25, 0.3) is 0 Å². The predicted molar refractivity (Wildman–Crippen MR) is 140 cm³/mol. The van der Waals surface area contributed by atoms with Crippen molar-refractivity contribution in [2.24, 2.45) is 0 Å². The fourth-order valence-corrected chi connectivity index (χ4v) is 1.97. The molecular formula is C14H24Br4I2O8V. The Morgan fingerprint density at radius 1 is 0.931 bits per heavy atom. The molecule has 0 aromatic rings. The topological polar surface area (TPSA) is 108 Å². The summed E-state index contributed by atoms with van der Waals surface area (Å²) < 4.78 is 18.3. The second kappa shape index (κ2) is 30.3. The Hall–Kier alpha value is 2.29. The number of hydrogen-bond donors (Lipinski definition) is 1. The van der Waals surface area contributed by atoms with Gasteiger partial charge in [-0.25, -0.2) is 0 Å². The normalized spacial score (nSPS) is 12.1. The van der Waals surface area contributed by atoms with E-state index in [1.807, 2.05) is 0 Å². The number of carboxylic acids is 1. The number of aliphatic carboxylic acids is 1. The van der Waals surface area contributed by atoms with E-state index < -0.39 is 10.8 Å². The van der Waals surface area contributed by atoms with E-state index in [4.69, 9.17) is 5.11 Å². The molecule has 0 amide bonds. The molecule has 3 unspecified atom stereocenters. The average molecular weight is 945 g/mol. The van der Waals surface area contributed by atoms with E-state index in [9.17, 15) is 14.4 Å². The van der Waals surface area contributed by atoms with E-state index in [2.05, 4.69) is 123 Å².